The molecule has 0 spiro atoms. The molecule has 0 aliphatic carbocycles. The maximum Gasteiger partial charge on any atom is 0.248 e. The SMILES string of the molecule is Cc1cccc2c1N(C(=O)Cn1cc(N)cn1)CCC2. The molecule has 0 unspecified atom stereocenters. The van der Waals surface area contributed by atoms with Gasteiger partial charge in [-0.3, -0.25) is 9.48 Å². The minimum Gasteiger partial charge on any atom is -0.396 e. The first kappa shape index (κ1) is 12.7. The van der Waals surface area contributed by atoms with E-state index in [0.717, 1.165) is 30.6 Å². The molecule has 2 aromatic rings. The highest BCUT2D eigenvalue weighted by molar-refractivity contribution is 5.95. The number of carbonyl (C=O) groups is 1. The highest BCUT2D eigenvalue weighted by Gasteiger charge is 2.24. The van der Waals surface area contributed by atoms with Crippen LogP contribution in [-0.2, 0) is 17.8 Å². The summed E-state index contributed by atoms with van der Waals surface area (Å²) in [5.41, 5.74) is 9.68. The Morgan fingerprint density at radius 2 is 2.30 bits per heavy atom. The maximum absolute atomic E-state index is 12.5. The average Bonchev–Trinajstić information content (AvgIpc) is 2.84. The molecule has 2 heterocycles. The number of hydrogen-bond donors (Lipinski definition) is 1. The first-order chi connectivity index (χ1) is 9.65. The summed E-state index contributed by atoms with van der Waals surface area (Å²) in [6.07, 6.45) is 5.28. The predicted molar refractivity (Wildman–Crippen MR) is 78.5 cm³/mol. The lowest BCUT2D eigenvalue weighted by atomic mass is 9.98. The van der Waals surface area contributed by atoms with Crippen LogP contribution in [0.3, 0.4) is 0 Å². The van der Waals surface area contributed by atoms with Gasteiger partial charge in [0, 0.05) is 18.4 Å². The van der Waals surface area contributed by atoms with E-state index in [-0.39, 0.29) is 12.5 Å². The maximum atomic E-state index is 12.5. The van der Waals surface area contributed by atoms with Gasteiger partial charge in [0.25, 0.3) is 0 Å². The van der Waals surface area contributed by atoms with Crippen molar-refractivity contribution in [2.24, 2.45) is 0 Å². The Morgan fingerprint density at radius 3 is 3.05 bits per heavy atom. The van der Waals surface area contributed by atoms with Gasteiger partial charge < -0.3 is 10.6 Å². The summed E-state index contributed by atoms with van der Waals surface area (Å²) in [5, 5.41) is 4.07. The van der Waals surface area contributed by atoms with Gasteiger partial charge in [-0.15, -0.1) is 0 Å². The van der Waals surface area contributed by atoms with E-state index in [9.17, 15) is 4.79 Å². The zero-order chi connectivity index (χ0) is 14.1. The fraction of sp³-hybridized carbons (Fsp3) is 0.333. The number of nitrogens with two attached hydrogens (primary N) is 1. The van der Waals surface area contributed by atoms with Gasteiger partial charge in [-0.1, -0.05) is 18.2 Å². The summed E-state index contributed by atoms with van der Waals surface area (Å²) in [6.45, 7) is 3.05. The molecular weight excluding hydrogens is 252 g/mol. The molecule has 1 amide bonds. The second-order valence-electron chi connectivity index (χ2n) is 5.20. The Balaban J connectivity index is 1.87. The van der Waals surface area contributed by atoms with Crippen LogP contribution in [-0.4, -0.2) is 22.2 Å². The Morgan fingerprint density at radius 1 is 1.45 bits per heavy atom. The summed E-state index contributed by atoms with van der Waals surface area (Å²) < 4.78 is 1.59. The summed E-state index contributed by atoms with van der Waals surface area (Å²) in [4.78, 5) is 14.4. The van der Waals surface area contributed by atoms with Gasteiger partial charge in [0.2, 0.25) is 5.91 Å². The molecule has 2 N–H and O–H groups in total. The van der Waals surface area contributed by atoms with Crippen molar-refractivity contribution in [2.45, 2.75) is 26.3 Å². The number of amides is 1. The second-order valence-corrected chi connectivity index (χ2v) is 5.20. The monoisotopic (exact) mass is 270 g/mol. The van der Waals surface area contributed by atoms with Crippen LogP contribution in [0.1, 0.15) is 17.5 Å². The highest BCUT2D eigenvalue weighted by Crippen LogP contribution is 2.30. The van der Waals surface area contributed by atoms with Crippen LogP contribution in [0.5, 0.6) is 0 Å². The van der Waals surface area contributed by atoms with Crippen LogP contribution < -0.4 is 10.6 Å². The van der Waals surface area contributed by atoms with Gasteiger partial charge in [0.15, 0.2) is 0 Å². The van der Waals surface area contributed by atoms with E-state index in [0.29, 0.717) is 5.69 Å². The topological polar surface area (TPSA) is 64.2 Å². The molecule has 3 rings (SSSR count). The number of carbonyl (C=O) groups excluding carboxylic acids is 1. The van der Waals surface area contributed by atoms with Crippen LogP contribution in [0, 0.1) is 6.92 Å². The van der Waals surface area contributed by atoms with Crippen LogP contribution >= 0.6 is 0 Å². The van der Waals surface area contributed by atoms with Crippen molar-refractivity contribution in [3.05, 3.63) is 41.7 Å². The summed E-state index contributed by atoms with van der Waals surface area (Å²) >= 11 is 0. The standard InChI is InChI=1S/C15H18N4O/c1-11-4-2-5-12-6-3-7-19(15(11)12)14(20)10-18-9-13(16)8-17-18/h2,4-5,8-9H,3,6-7,10,16H2,1H3. The minimum atomic E-state index is 0.0587. The third-order valence-electron chi connectivity index (χ3n) is 3.67. The number of nitrogens with zero attached hydrogens (tertiary/aromatic N) is 3. The molecule has 0 fully saturated rings. The molecule has 5 nitrogen and oxygen atoms in total. The largest absolute Gasteiger partial charge is 0.396 e. The number of benzene rings is 1. The highest BCUT2D eigenvalue weighted by atomic mass is 16.2. The van der Waals surface area contributed by atoms with Crippen molar-refractivity contribution in [1.29, 1.82) is 0 Å². The van der Waals surface area contributed by atoms with Gasteiger partial charge in [0.05, 0.1) is 11.9 Å². The first-order valence-corrected chi connectivity index (χ1v) is 6.82. The Kier molecular flexibility index (Phi) is 3.18. The number of fused-ring (bicyclic) bond motifs is 1. The molecular formula is C15H18N4O. The molecule has 1 aliphatic heterocycles. The molecule has 0 atom stereocenters. The number of aromatic nitrogens is 2. The van der Waals surface area contributed by atoms with Gasteiger partial charge in [-0.2, -0.15) is 5.10 Å². The van der Waals surface area contributed by atoms with Crippen LogP contribution in [0.4, 0.5) is 11.4 Å². The molecule has 5 heteroatoms. The van der Waals surface area contributed by atoms with E-state index in [1.165, 1.54) is 5.56 Å². The third kappa shape index (κ3) is 2.27. The van der Waals surface area contributed by atoms with E-state index in [4.69, 9.17) is 5.73 Å². The number of anilines is 2. The van der Waals surface area contributed by atoms with Gasteiger partial charge in [-0.05, 0) is 30.9 Å². The van der Waals surface area contributed by atoms with Crippen LogP contribution in [0.2, 0.25) is 0 Å². The molecule has 0 saturated heterocycles. The van der Waals surface area contributed by atoms with E-state index >= 15 is 0 Å². The first-order valence-electron chi connectivity index (χ1n) is 6.82. The second kappa shape index (κ2) is 5.00. The smallest absolute Gasteiger partial charge is 0.248 e. The molecule has 1 aromatic heterocycles. The predicted octanol–water partition coefficient (Wildman–Crippen LogP) is 1.75. The molecule has 0 bridgehead atoms. The van der Waals surface area contributed by atoms with Crippen molar-refractivity contribution in [2.75, 3.05) is 17.2 Å². The Labute approximate surface area is 118 Å². The van der Waals surface area contributed by atoms with Crippen LogP contribution in [0.25, 0.3) is 0 Å². The van der Waals surface area contributed by atoms with Crippen molar-refractivity contribution < 1.29 is 4.79 Å². The molecule has 0 radical (unpaired) electrons. The Bertz CT molecular complexity index is 647. The summed E-state index contributed by atoms with van der Waals surface area (Å²) in [7, 11) is 0. The molecule has 20 heavy (non-hydrogen) atoms. The van der Waals surface area contributed by atoms with Crippen molar-refractivity contribution >= 4 is 17.3 Å². The quantitative estimate of drug-likeness (QED) is 0.904. The normalized spacial score (nSPS) is 14.2. The van der Waals surface area contributed by atoms with E-state index in [1.807, 2.05) is 4.90 Å². The van der Waals surface area contributed by atoms with Gasteiger partial charge in [0.1, 0.15) is 6.54 Å². The molecule has 1 aromatic carbocycles. The minimum absolute atomic E-state index is 0.0587. The van der Waals surface area contributed by atoms with Crippen molar-refractivity contribution in [3.8, 4) is 0 Å². The fourth-order valence-electron chi connectivity index (χ4n) is 2.79. The lowest BCUT2D eigenvalue weighted by Gasteiger charge is -2.31. The van der Waals surface area contributed by atoms with Crippen LogP contribution in [0.15, 0.2) is 30.6 Å². The zero-order valence-electron chi connectivity index (χ0n) is 11.5. The lowest BCUT2D eigenvalue weighted by Crippen LogP contribution is -2.38. The van der Waals surface area contributed by atoms with Crippen molar-refractivity contribution in [1.82, 2.24) is 9.78 Å². The Hall–Kier alpha value is -2.30. The average molecular weight is 270 g/mol. The van der Waals surface area contributed by atoms with E-state index in [1.54, 1.807) is 17.1 Å². The number of nitrogen functional groups attached to an aromatic ring is 1. The van der Waals surface area contributed by atoms with Gasteiger partial charge in [-0.25, -0.2) is 0 Å². The zero-order valence-corrected chi connectivity index (χ0v) is 11.5. The van der Waals surface area contributed by atoms with Crippen molar-refractivity contribution in [3.63, 3.8) is 0 Å². The van der Waals surface area contributed by atoms with E-state index < -0.39 is 0 Å². The summed E-state index contributed by atoms with van der Waals surface area (Å²) in [6, 6.07) is 6.21. The number of para-hydroxylation sites is 1. The summed E-state index contributed by atoms with van der Waals surface area (Å²) in [5.74, 6) is 0.0587. The number of rotatable bonds is 2. The lowest BCUT2D eigenvalue weighted by molar-refractivity contribution is -0.119. The molecule has 1 aliphatic rings. The molecule has 104 valence electrons. The van der Waals surface area contributed by atoms with E-state index in [2.05, 4.69) is 30.2 Å². The molecule has 0 saturated carbocycles. The number of aryl methyl sites for hydroxylation is 2. The van der Waals surface area contributed by atoms with Gasteiger partial charge >= 0.3 is 0 Å². The fourth-order valence-corrected chi connectivity index (χ4v) is 2.79. The third-order valence-corrected chi connectivity index (χ3v) is 3.67. The number of hydrogen-bond acceptors (Lipinski definition) is 3.